The summed E-state index contributed by atoms with van der Waals surface area (Å²) in [6.07, 6.45) is 2.83. The number of para-hydroxylation sites is 1. The summed E-state index contributed by atoms with van der Waals surface area (Å²) in [6.45, 7) is 7.52. The fraction of sp³-hybridized carbons (Fsp3) is 0.625. The van der Waals surface area contributed by atoms with Crippen molar-refractivity contribution >= 4 is 0 Å². The van der Waals surface area contributed by atoms with Crippen LogP contribution in [0.1, 0.15) is 44.7 Å². The van der Waals surface area contributed by atoms with Gasteiger partial charge in [-0.1, -0.05) is 18.2 Å². The lowest BCUT2D eigenvalue weighted by Gasteiger charge is -2.19. The second kappa shape index (κ2) is 5.93. The van der Waals surface area contributed by atoms with Crippen LogP contribution in [0.25, 0.3) is 0 Å². The third-order valence-corrected chi connectivity index (χ3v) is 3.61. The highest BCUT2D eigenvalue weighted by Crippen LogP contribution is 2.37. The monoisotopic (exact) mass is 263 g/mol. The van der Waals surface area contributed by atoms with Gasteiger partial charge in [0.15, 0.2) is 0 Å². The molecule has 1 unspecified atom stereocenters. The molecule has 106 valence electrons. The van der Waals surface area contributed by atoms with Crippen molar-refractivity contribution < 1.29 is 9.84 Å². The van der Waals surface area contributed by atoms with Gasteiger partial charge in [-0.05, 0) is 39.2 Å². The van der Waals surface area contributed by atoms with Crippen LogP contribution in [-0.4, -0.2) is 23.4 Å². The van der Waals surface area contributed by atoms with Gasteiger partial charge in [-0.25, -0.2) is 0 Å². The van der Waals surface area contributed by atoms with Gasteiger partial charge in [0.1, 0.15) is 11.4 Å². The molecule has 0 radical (unpaired) electrons. The van der Waals surface area contributed by atoms with Crippen molar-refractivity contribution in [2.24, 2.45) is 0 Å². The van der Waals surface area contributed by atoms with Crippen LogP contribution in [0, 0.1) is 0 Å². The lowest BCUT2D eigenvalue weighted by atomic mass is 10.0. The molecule has 0 fully saturated rings. The molecule has 0 amide bonds. The first-order valence-electron chi connectivity index (χ1n) is 7.16. The lowest BCUT2D eigenvalue weighted by Crippen LogP contribution is -2.27. The highest BCUT2D eigenvalue weighted by molar-refractivity contribution is 5.45. The van der Waals surface area contributed by atoms with Crippen LogP contribution in [0.3, 0.4) is 0 Å². The maximum Gasteiger partial charge on any atom is 0.127 e. The van der Waals surface area contributed by atoms with E-state index in [0.717, 1.165) is 31.6 Å². The lowest BCUT2D eigenvalue weighted by molar-refractivity contribution is 0.137. The number of aliphatic hydroxyl groups is 1. The summed E-state index contributed by atoms with van der Waals surface area (Å²) in [4.78, 5) is 0. The van der Waals surface area contributed by atoms with E-state index in [9.17, 15) is 0 Å². The first-order chi connectivity index (χ1) is 9.02. The molecule has 0 aliphatic carbocycles. The minimum absolute atomic E-state index is 0.0824. The summed E-state index contributed by atoms with van der Waals surface area (Å²) in [5.74, 6) is 1.06. The molecular formula is C16H25NO2. The summed E-state index contributed by atoms with van der Waals surface area (Å²) in [7, 11) is 0. The van der Waals surface area contributed by atoms with E-state index >= 15 is 0 Å². The molecule has 1 atom stereocenters. The zero-order valence-corrected chi connectivity index (χ0v) is 12.2. The predicted octanol–water partition coefficient (Wildman–Crippen LogP) is 2.65. The van der Waals surface area contributed by atoms with Crippen molar-refractivity contribution in [2.75, 3.05) is 6.61 Å². The molecule has 0 spiro atoms. The van der Waals surface area contributed by atoms with Crippen molar-refractivity contribution in [1.29, 1.82) is 0 Å². The Balaban J connectivity index is 1.98. The average Bonchev–Trinajstić information content (AvgIpc) is 2.68. The second-order valence-corrected chi connectivity index (χ2v) is 6.09. The fourth-order valence-corrected chi connectivity index (χ4v) is 2.60. The number of hydrogen-bond donors (Lipinski definition) is 2. The molecule has 0 aromatic heterocycles. The van der Waals surface area contributed by atoms with Gasteiger partial charge in [0.25, 0.3) is 0 Å². The van der Waals surface area contributed by atoms with Gasteiger partial charge in [-0.3, -0.25) is 0 Å². The highest BCUT2D eigenvalue weighted by Gasteiger charge is 2.31. The fourth-order valence-electron chi connectivity index (χ4n) is 2.60. The number of hydrogen-bond acceptors (Lipinski definition) is 3. The van der Waals surface area contributed by atoms with E-state index in [4.69, 9.17) is 9.84 Å². The first-order valence-corrected chi connectivity index (χ1v) is 7.16. The van der Waals surface area contributed by atoms with E-state index in [1.807, 2.05) is 0 Å². The van der Waals surface area contributed by atoms with Gasteiger partial charge in [0.2, 0.25) is 0 Å². The van der Waals surface area contributed by atoms with E-state index in [2.05, 4.69) is 44.3 Å². The molecule has 1 aromatic carbocycles. The molecule has 19 heavy (non-hydrogen) atoms. The Morgan fingerprint density at radius 2 is 2.21 bits per heavy atom. The quantitative estimate of drug-likeness (QED) is 0.829. The summed E-state index contributed by atoms with van der Waals surface area (Å²) >= 11 is 0. The molecule has 0 bridgehead atoms. The Morgan fingerprint density at radius 1 is 1.42 bits per heavy atom. The van der Waals surface area contributed by atoms with E-state index in [0.29, 0.717) is 6.04 Å². The molecule has 2 N–H and O–H groups in total. The molecular weight excluding hydrogens is 238 g/mol. The first kappa shape index (κ1) is 14.4. The summed E-state index contributed by atoms with van der Waals surface area (Å²) < 4.78 is 6.06. The molecule has 1 aliphatic heterocycles. The second-order valence-electron chi connectivity index (χ2n) is 6.09. The van der Waals surface area contributed by atoms with E-state index in [1.165, 1.54) is 11.1 Å². The van der Waals surface area contributed by atoms with Crippen LogP contribution < -0.4 is 10.1 Å². The third kappa shape index (κ3) is 3.71. The van der Waals surface area contributed by atoms with Crippen LogP contribution >= 0.6 is 0 Å². The minimum Gasteiger partial charge on any atom is -0.487 e. The molecule has 2 rings (SSSR count). The van der Waals surface area contributed by atoms with Gasteiger partial charge in [-0.15, -0.1) is 0 Å². The van der Waals surface area contributed by atoms with Gasteiger partial charge >= 0.3 is 0 Å². The van der Waals surface area contributed by atoms with E-state index < -0.39 is 0 Å². The Kier molecular flexibility index (Phi) is 4.48. The van der Waals surface area contributed by atoms with Gasteiger partial charge in [-0.2, -0.15) is 0 Å². The number of rotatable bonds is 6. The number of ether oxygens (including phenoxy) is 1. The molecule has 1 heterocycles. The smallest absolute Gasteiger partial charge is 0.127 e. The summed E-state index contributed by atoms with van der Waals surface area (Å²) in [5.41, 5.74) is 2.47. The Morgan fingerprint density at radius 3 is 2.95 bits per heavy atom. The highest BCUT2D eigenvalue weighted by atomic mass is 16.5. The topological polar surface area (TPSA) is 41.5 Å². The third-order valence-electron chi connectivity index (χ3n) is 3.61. The van der Waals surface area contributed by atoms with Crippen LogP contribution in [0.15, 0.2) is 18.2 Å². The number of fused-ring (bicyclic) bond motifs is 1. The van der Waals surface area contributed by atoms with Crippen molar-refractivity contribution in [3.8, 4) is 5.75 Å². The van der Waals surface area contributed by atoms with Crippen LogP contribution in [0.2, 0.25) is 0 Å². The zero-order valence-electron chi connectivity index (χ0n) is 12.2. The standard InChI is InChI=1S/C16H25NO2/c1-12(6-5-9-18)17-11-14-8-4-7-13-10-16(2,3)19-15(13)14/h4,7-8,12,17-18H,5-6,9-11H2,1-3H3. The predicted molar refractivity (Wildman–Crippen MR) is 77.5 cm³/mol. The van der Waals surface area contributed by atoms with Crippen molar-refractivity contribution in [1.82, 2.24) is 5.32 Å². The average molecular weight is 263 g/mol. The SMILES string of the molecule is CC(CCCO)NCc1cccc2c1OC(C)(C)C2. The molecule has 1 aromatic rings. The molecule has 3 nitrogen and oxygen atoms in total. The van der Waals surface area contributed by atoms with Crippen molar-refractivity contribution in [2.45, 2.75) is 58.2 Å². The molecule has 0 saturated carbocycles. The maximum atomic E-state index is 8.84. The number of benzene rings is 1. The van der Waals surface area contributed by atoms with E-state index in [-0.39, 0.29) is 12.2 Å². The molecule has 0 saturated heterocycles. The minimum atomic E-state index is -0.0824. The van der Waals surface area contributed by atoms with Gasteiger partial charge in [0, 0.05) is 31.2 Å². The van der Waals surface area contributed by atoms with E-state index in [1.54, 1.807) is 0 Å². The normalized spacial score (nSPS) is 17.9. The van der Waals surface area contributed by atoms with Crippen LogP contribution in [0.4, 0.5) is 0 Å². The Hall–Kier alpha value is -1.06. The zero-order chi connectivity index (χ0) is 13.9. The maximum absolute atomic E-state index is 8.84. The summed E-state index contributed by atoms with van der Waals surface area (Å²) in [6, 6.07) is 6.81. The van der Waals surface area contributed by atoms with Crippen LogP contribution in [-0.2, 0) is 13.0 Å². The Bertz CT molecular complexity index is 429. The number of nitrogens with one attached hydrogen (secondary N) is 1. The van der Waals surface area contributed by atoms with Crippen molar-refractivity contribution in [3.63, 3.8) is 0 Å². The van der Waals surface area contributed by atoms with Crippen LogP contribution in [0.5, 0.6) is 5.75 Å². The van der Waals surface area contributed by atoms with Gasteiger partial charge in [0.05, 0.1) is 0 Å². The molecule has 3 heteroatoms. The molecule has 1 aliphatic rings. The van der Waals surface area contributed by atoms with Crippen molar-refractivity contribution in [3.05, 3.63) is 29.3 Å². The Labute approximate surface area is 116 Å². The van der Waals surface area contributed by atoms with Gasteiger partial charge < -0.3 is 15.2 Å². The summed E-state index contributed by atoms with van der Waals surface area (Å²) in [5, 5.41) is 12.3. The number of aliphatic hydroxyl groups excluding tert-OH is 1. The largest absolute Gasteiger partial charge is 0.487 e.